The lowest BCUT2D eigenvalue weighted by Gasteiger charge is -2.16. The molecule has 0 radical (unpaired) electrons. The van der Waals surface area contributed by atoms with Gasteiger partial charge in [0.1, 0.15) is 0 Å². The van der Waals surface area contributed by atoms with E-state index in [2.05, 4.69) is 0 Å². The molecule has 33 heavy (non-hydrogen) atoms. The van der Waals surface area contributed by atoms with Gasteiger partial charge in [0.05, 0.1) is 29.0 Å². The zero-order valence-corrected chi connectivity index (χ0v) is 18.2. The Morgan fingerprint density at radius 2 is 1.70 bits per heavy atom. The first-order chi connectivity index (χ1) is 15.6. The second-order valence-corrected chi connectivity index (χ2v) is 7.65. The van der Waals surface area contributed by atoms with Crippen molar-refractivity contribution in [1.29, 1.82) is 5.41 Å². The van der Waals surface area contributed by atoms with E-state index in [0.717, 1.165) is 4.57 Å². The Labute approximate surface area is 187 Å². The normalized spacial score (nSPS) is 12.2. The van der Waals surface area contributed by atoms with Crippen molar-refractivity contribution in [3.8, 4) is 16.8 Å². The molecule has 8 nitrogen and oxygen atoms in total. The van der Waals surface area contributed by atoms with Gasteiger partial charge in [-0.2, -0.15) is 0 Å². The zero-order chi connectivity index (χ0) is 24.0. The van der Waals surface area contributed by atoms with Crippen LogP contribution < -0.4 is 21.7 Å². The Hall–Kier alpha value is -4.33. The molecule has 1 aliphatic heterocycles. The molecule has 0 unspecified atom stereocenters. The highest BCUT2D eigenvalue weighted by molar-refractivity contribution is 6.04. The Bertz CT molecular complexity index is 1650. The van der Waals surface area contributed by atoms with Crippen LogP contribution in [0.25, 0.3) is 33.3 Å². The lowest BCUT2D eigenvalue weighted by molar-refractivity contribution is 0.0526. The number of Topliss-reactive ketones (excluding diaryl/α,β-unsaturated/α-hetero) is 1. The van der Waals surface area contributed by atoms with E-state index in [1.807, 2.05) is 0 Å². The highest BCUT2D eigenvalue weighted by Crippen LogP contribution is 2.27. The van der Waals surface area contributed by atoms with E-state index in [4.69, 9.17) is 10.1 Å². The minimum Gasteiger partial charge on any atom is -0.512 e. The monoisotopic (exact) mass is 444 g/mol. The van der Waals surface area contributed by atoms with Crippen molar-refractivity contribution in [1.82, 2.24) is 4.57 Å². The molecule has 0 saturated carbocycles. The summed E-state index contributed by atoms with van der Waals surface area (Å²) in [5.74, 6) is -1.08. The van der Waals surface area contributed by atoms with Crippen LogP contribution in [0.2, 0.25) is 0 Å². The summed E-state index contributed by atoms with van der Waals surface area (Å²) in [4.78, 5) is 51.3. The number of carbonyl (C=O) groups excluding carboxylic acids is 2. The molecule has 4 rings (SSSR count). The van der Waals surface area contributed by atoms with E-state index >= 15 is 0 Å². The van der Waals surface area contributed by atoms with Crippen LogP contribution in [0.5, 0.6) is 0 Å². The summed E-state index contributed by atoms with van der Waals surface area (Å²) in [6.45, 7) is 4.57. The molecule has 1 aliphatic carbocycles. The van der Waals surface area contributed by atoms with Gasteiger partial charge in [0.15, 0.2) is 5.78 Å². The van der Waals surface area contributed by atoms with Crippen LogP contribution in [-0.2, 0) is 4.74 Å². The molecule has 0 fully saturated rings. The molecule has 1 heterocycles. The average Bonchev–Trinajstić information content (AvgIpc) is 2.78. The standard InChI is InChI=1S/C25H20N2O6/c1-4-33-25(32)14-6-5-7-16(8-14)27-23(30)19-10-15(12(2)28)9-18-21(19)20(24(27)31)11-17(13(3)29)22(18)26/h5-11,26,29H,4H2,1-3H3/b17-13-,26-22?. The molecule has 2 aliphatic rings. The van der Waals surface area contributed by atoms with Crippen LogP contribution in [0.3, 0.4) is 0 Å². The zero-order valence-electron chi connectivity index (χ0n) is 18.2. The van der Waals surface area contributed by atoms with E-state index in [-0.39, 0.29) is 67.4 Å². The van der Waals surface area contributed by atoms with E-state index in [1.165, 1.54) is 56.3 Å². The fourth-order valence-electron chi connectivity index (χ4n) is 3.94. The summed E-state index contributed by atoms with van der Waals surface area (Å²) in [7, 11) is 0. The SMILES string of the molecule is CCOC(=O)c1cccc(-n2c(=O)c3c/c(=C(\C)O)c(=N)c4cc(C(C)=O)cc(c4-3)c2=O)c1. The molecule has 0 amide bonds. The van der Waals surface area contributed by atoms with Gasteiger partial charge in [0.25, 0.3) is 11.1 Å². The van der Waals surface area contributed by atoms with Gasteiger partial charge in [0, 0.05) is 32.7 Å². The smallest absolute Gasteiger partial charge is 0.338 e. The third-order valence-corrected chi connectivity index (χ3v) is 5.51. The van der Waals surface area contributed by atoms with Gasteiger partial charge in [-0.15, -0.1) is 0 Å². The first-order valence-corrected chi connectivity index (χ1v) is 10.2. The number of nitrogens with zero attached hydrogens (tertiary/aromatic N) is 1. The van der Waals surface area contributed by atoms with Crippen LogP contribution in [0, 0.1) is 5.41 Å². The average molecular weight is 444 g/mol. The molecular formula is C25H20N2O6. The number of rotatable bonds is 4. The number of aromatic nitrogens is 1. The fourth-order valence-corrected chi connectivity index (χ4v) is 3.94. The maximum Gasteiger partial charge on any atom is 0.338 e. The molecule has 2 aromatic rings. The van der Waals surface area contributed by atoms with E-state index in [0.29, 0.717) is 0 Å². The number of ketones is 1. The van der Waals surface area contributed by atoms with Crippen molar-refractivity contribution >= 4 is 28.3 Å². The van der Waals surface area contributed by atoms with Crippen LogP contribution in [0.15, 0.2) is 52.1 Å². The molecule has 0 spiro atoms. The van der Waals surface area contributed by atoms with E-state index < -0.39 is 17.1 Å². The molecular weight excluding hydrogens is 424 g/mol. The van der Waals surface area contributed by atoms with Gasteiger partial charge in [-0.1, -0.05) is 6.07 Å². The van der Waals surface area contributed by atoms with E-state index in [9.17, 15) is 24.3 Å². The van der Waals surface area contributed by atoms with Crippen LogP contribution in [0.4, 0.5) is 0 Å². The minimum atomic E-state index is -0.682. The molecule has 0 aromatic heterocycles. The van der Waals surface area contributed by atoms with Crippen LogP contribution >= 0.6 is 0 Å². The minimum absolute atomic E-state index is 0.0866. The first kappa shape index (κ1) is 21.9. The number of hydrogen-bond donors (Lipinski definition) is 2. The maximum atomic E-state index is 13.5. The summed E-state index contributed by atoms with van der Waals surface area (Å²) in [6, 6.07) is 10.2. The van der Waals surface area contributed by atoms with Gasteiger partial charge in [-0.25, -0.2) is 9.36 Å². The lowest BCUT2D eigenvalue weighted by Crippen LogP contribution is -2.37. The molecule has 166 valence electrons. The topological polar surface area (TPSA) is 127 Å². The summed E-state index contributed by atoms with van der Waals surface area (Å²) < 4.78 is 5.93. The second-order valence-electron chi connectivity index (χ2n) is 7.65. The van der Waals surface area contributed by atoms with E-state index in [1.54, 1.807) is 6.92 Å². The Morgan fingerprint density at radius 3 is 2.33 bits per heavy atom. The number of carbonyl (C=O) groups is 2. The summed E-state index contributed by atoms with van der Waals surface area (Å²) >= 11 is 0. The number of benzene rings is 3. The number of aliphatic hydroxyl groups excluding tert-OH is 1. The largest absolute Gasteiger partial charge is 0.512 e. The molecule has 2 aromatic carbocycles. The number of nitrogens with one attached hydrogen (secondary N) is 1. The van der Waals surface area contributed by atoms with Crippen molar-refractivity contribution in [2.45, 2.75) is 20.8 Å². The Kier molecular flexibility index (Phi) is 5.29. The maximum absolute atomic E-state index is 13.5. The number of esters is 1. The molecule has 0 saturated heterocycles. The molecule has 0 bridgehead atoms. The van der Waals surface area contributed by atoms with Crippen molar-refractivity contribution in [3.63, 3.8) is 0 Å². The van der Waals surface area contributed by atoms with Crippen molar-refractivity contribution in [3.05, 3.63) is 84.9 Å². The highest BCUT2D eigenvalue weighted by Gasteiger charge is 2.24. The second kappa shape index (κ2) is 7.98. The Balaban J connectivity index is 2.21. The summed E-state index contributed by atoms with van der Waals surface area (Å²) in [5, 5.41) is 18.9. The summed E-state index contributed by atoms with van der Waals surface area (Å²) in [6.07, 6.45) is 0. The number of pyridine rings is 1. The van der Waals surface area contributed by atoms with Gasteiger partial charge >= 0.3 is 5.97 Å². The fraction of sp³-hybridized carbons (Fsp3) is 0.160. The number of ether oxygens (including phenoxy) is 1. The number of hydrogen-bond acceptors (Lipinski definition) is 7. The third-order valence-electron chi connectivity index (χ3n) is 5.51. The van der Waals surface area contributed by atoms with Crippen molar-refractivity contribution in [2.75, 3.05) is 6.61 Å². The Morgan fingerprint density at radius 1 is 1.00 bits per heavy atom. The van der Waals surface area contributed by atoms with Gasteiger partial charge in [0.2, 0.25) is 0 Å². The third kappa shape index (κ3) is 3.45. The van der Waals surface area contributed by atoms with Gasteiger partial charge < -0.3 is 9.84 Å². The molecule has 8 heteroatoms. The number of aliphatic hydroxyl groups is 1. The van der Waals surface area contributed by atoms with Crippen molar-refractivity contribution < 1.29 is 19.4 Å². The molecule has 0 atom stereocenters. The lowest BCUT2D eigenvalue weighted by atomic mass is 9.91. The van der Waals surface area contributed by atoms with Gasteiger partial charge in [-0.3, -0.25) is 19.8 Å². The predicted octanol–water partition coefficient (Wildman–Crippen LogP) is 2.16. The highest BCUT2D eigenvalue weighted by atomic mass is 16.5. The van der Waals surface area contributed by atoms with Crippen molar-refractivity contribution in [2.24, 2.45) is 0 Å². The molecule has 2 N–H and O–H groups in total. The van der Waals surface area contributed by atoms with Crippen LogP contribution in [-0.4, -0.2) is 28.0 Å². The summed E-state index contributed by atoms with van der Waals surface area (Å²) in [5.41, 5.74) is -0.463. The predicted molar refractivity (Wildman–Crippen MR) is 122 cm³/mol. The quantitative estimate of drug-likeness (QED) is 0.367. The van der Waals surface area contributed by atoms with Crippen LogP contribution in [0.1, 0.15) is 41.5 Å². The van der Waals surface area contributed by atoms with Gasteiger partial charge in [-0.05, 0) is 57.2 Å². The first-order valence-electron chi connectivity index (χ1n) is 10.2.